The van der Waals surface area contributed by atoms with Crippen molar-refractivity contribution in [1.29, 1.82) is 0 Å². The second kappa shape index (κ2) is 4.59. The summed E-state index contributed by atoms with van der Waals surface area (Å²) in [5.74, 6) is 0.0515. The summed E-state index contributed by atoms with van der Waals surface area (Å²) in [5.41, 5.74) is 8.02. The number of hydrogen-bond donors (Lipinski definition) is 2. The number of fused-ring (bicyclic) bond motifs is 1. The first-order valence-corrected chi connectivity index (χ1v) is 6.37. The zero-order valence-electron chi connectivity index (χ0n) is 10.8. The van der Waals surface area contributed by atoms with Gasteiger partial charge in [0.15, 0.2) is 0 Å². The minimum absolute atomic E-state index is 0.0515. The van der Waals surface area contributed by atoms with Gasteiger partial charge >= 0.3 is 0 Å². The number of carbonyl (C=O) groups is 1. The molecule has 1 amide bonds. The molecule has 1 aromatic carbocycles. The van der Waals surface area contributed by atoms with Crippen molar-refractivity contribution in [3.8, 4) is 0 Å². The van der Waals surface area contributed by atoms with Crippen LogP contribution in [0.1, 0.15) is 16.8 Å². The maximum atomic E-state index is 12.5. The molecular weight excluding hydrogens is 242 g/mol. The quantitative estimate of drug-likeness (QED) is 0.805. The lowest BCUT2D eigenvalue weighted by Gasteiger charge is -2.15. The molecule has 1 atom stereocenters. The largest absolute Gasteiger partial charge is 0.399 e. The van der Waals surface area contributed by atoms with E-state index in [9.17, 15) is 4.79 Å². The lowest BCUT2D eigenvalue weighted by molar-refractivity contribution is 0.0726. The summed E-state index contributed by atoms with van der Waals surface area (Å²) in [6.45, 7) is 1.41. The van der Waals surface area contributed by atoms with E-state index in [1.807, 2.05) is 23.1 Å². The molecule has 1 unspecified atom stereocenters. The van der Waals surface area contributed by atoms with Crippen molar-refractivity contribution in [2.45, 2.75) is 12.5 Å². The molecule has 0 bridgehead atoms. The van der Waals surface area contributed by atoms with Crippen LogP contribution in [0.15, 0.2) is 24.4 Å². The Morgan fingerprint density at radius 1 is 1.53 bits per heavy atom. The summed E-state index contributed by atoms with van der Waals surface area (Å²) in [5, 5.41) is 0.917. The van der Waals surface area contributed by atoms with Crippen molar-refractivity contribution in [3.63, 3.8) is 0 Å². The van der Waals surface area contributed by atoms with Gasteiger partial charge in [0, 0.05) is 43.0 Å². The Labute approximate surface area is 111 Å². The molecule has 2 aromatic rings. The Morgan fingerprint density at radius 2 is 2.37 bits per heavy atom. The molecule has 5 heteroatoms. The molecule has 1 fully saturated rings. The first kappa shape index (κ1) is 12.0. The molecule has 0 saturated carbocycles. The third-order valence-corrected chi connectivity index (χ3v) is 3.70. The smallest absolute Gasteiger partial charge is 0.256 e. The Kier molecular flexibility index (Phi) is 2.91. The molecule has 1 saturated heterocycles. The SMILES string of the molecule is COC1CCN(C(=O)c2c[nH]c3cc(N)ccc23)C1. The lowest BCUT2D eigenvalue weighted by Crippen LogP contribution is -2.29. The fraction of sp³-hybridized carbons (Fsp3) is 0.357. The van der Waals surface area contributed by atoms with Gasteiger partial charge in [-0.1, -0.05) is 0 Å². The van der Waals surface area contributed by atoms with Gasteiger partial charge in [0.25, 0.3) is 5.91 Å². The highest BCUT2D eigenvalue weighted by Crippen LogP contribution is 2.23. The predicted molar refractivity (Wildman–Crippen MR) is 74.0 cm³/mol. The monoisotopic (exact) mass is 259 g/mol. The van der Waals surface area contributed by atoms with E-state index in [4.69, 9.17) is 10.5 Å². The number of benzene rings is 1. The number of methoxy groups -OCH3 is 1. The molecular formula is C14H17N3O2. The standard InChI is InChI=1S/C14H17N3O2/c1-19-10-4-5-17(8-10)14(18)12-7-16-13-6-9(15)2-3-11(12)13/h2-3,6-7,10,16H,4-5,8,15H2,1H3. The van der Waals surface area contributed by atoms with Gasteiger partial charge in [0.05, 0.1) is 11.7 Å². The number of nitrogens with one attached hydrogen (secondary N) is 1. The van der Waals surface area contributed by atoms with E-state index in [1.165, 1.54) is 0 Å². The van der Waals surface area contributed by atoms with Gasteiger partial charge in [-0.05, 0) is 24.6 Å². The Morgan fingerprint density at radius 3 is 3.11 bits per heavy atom. The Balaban J connectivity index is 1.90. The van der Waals surface area contributed by atoms with Crippen molar-refractivity contribution in [2.75, 3.05) is 25.9 Å². The number of nitrogen functional groups attached to an aromatic ring is 1. The van der Waals surface area contributed by atoms with E-state index in [0.29, 0.717) is 17.8 Å². The number of aromatic amines is 1. The number of ether oxygens (including phenoxy) is 1. The average Bonchev–Trinajstić information content (AvgIpc) is 3.03. The second-order valence-electron chi connectivity index (χ2n) is 4.90. The highest BCUT2D eigenvalue weighted by Gasteiger charge is 2.27. The molecule has 1 aliphatic rings. The fourth-order valence-electron chi connectivity index (χ4n) is 2.60. The molecule has 1 aromatic heterocycles. The van der Waals surface area contributed by atoms with Crippen LogP contribution in [-0.4, -0.2) is 42.1 Å². The number of nitrogens with two attached hydrogens (primary N) is 1. The number of hydrogen-bond acceptors (Lipinski definition) is 3. The van der Waals surface area contributed by atoms with Gasteiger partial charge in [-0.2, -0.15) is 0 Å². The number of carbonyl (C=O) groups excluding carboxylic acids is 1. The van der Waals surface area contributed by atoms with E-state index in [0.717, 1.165) is 23.9 Å². The van der Waals surface area contributed by atoms with Crippen molar-refractivity contribution in [3.05, 3.63) is 30.0 Å². The van der Waals surface area contributed by atoms with E-state index >= 15 is 0 Å². The lowest BCUT2D eigenvalue weighted by atomic mass is 10.1. The molecule has 0 radical (unpaired) electrons. The number of aromatic nitrogens is 1. The molecule has 1 aliphatic heterocycles. The summed E-state index contributed by atoms with van der Waals surface area (Å²) in [6.07, 6.45) is 2.81. The number of rotatable bonds is 2. The number of amides is 1. The predicted octanol–water partition coefficient (Wildman–Crippen LogP) is 1.61. The van der Waals surface area contributed by atoms with Gasteiger partial charge in [-0.15, -0.1) is 0 Å². The van der Waals surface area contributed by atoms with Gasteiger partial charge in [0.1, 0.15) is 0 Å². The number of nitrogens with zero attached hydrogens (tertiary/aromatic N) is 1. The first-order valence-electron chi connectivity index (χ1n) is 6.37. The van der Waals surface area contributed by atoms with Crippen molar-refractivity contribution >= 4 is 22.5 Å². The maximum Gasteiger partial charge on any atom is 0.256 e. The van der Waals surface area contributed by atoms with Gasteiger partial charge < -0.3 is 20.4 Å². The summed E-state index contributed by atoms with van der Waals surface area (Å²) in [6, 6.07) is 5.54. The van der Waals surface area contributed by atoms with Gasteiger partial charge in [0.2, 0.25) is 0 Å². The van der Waals surface area contributed by atoms with Crippen LogP contribution in [0.4, 0.5) is 5.69 Å². The average molecular weight is 259 g/mol. The van der Waals surface area contributed by atoms with Crippen molar-refractivity contribution in [2.24, 2.45) is 0 Å². The molecule has 2 heterocycles. The van der Waals surface area contributed by atoms with E-state index in [-0.39, 0.29) is 12.0 Å². The third kappa shape index (κ3) is 2.06. The Bertz CT molecular complexity index is 620. The summed E-state index contributed by atoms with van der Waals surface area (Å²) in [4.78, 5) is 17.4. The number of anilines is 1. The zero-order valence-corrected chi connectivity index (χ0v) is 10.8. The molecule has 19 heavy (non-hydrogen) atoms. The zero-order chi connectivity index (χ0) is 13.4. The van der Waals surface area contributed by atoms with Gasteiger partial charge in [-0.3, -0.25) is 4.79 Å². The van der Waals surface area contributed by atoms with Crippen LogP contribution >= 0.6 is 0 Å². The van der Waals surface area contributed by atoms with E-state index in [1.54, 1.807) is 13.3 Å². The van der Waals surface area contributed by atoms with Gasteiger partial charge in [-0.25, -0.2) is 0 Å². The molecule has 0 aliphatic carbocycles. The van der Waals surface area contributed by atoms with E-state index in [2.05, 4.69) is 4.98 Å². The minimum atomic E-state index is 0.0515. The highest BCUT2D eigenvalue weighted by molar-refractivity contribution is 6.07. The maximum absolute atomic E-state index is 12.5. The topological polar surface area (TPSA) is 71.3 Å². The van der Waals surface area contributed by atoms with Crippen LogP contribution in [-0.2, 0) is 4.74 Å². The summed E-state index contributed by atoms with van der Waals surface area (Å²) >= 11 is 0. The molecule has 5 nitrogen and oxygen atoms in total. The first-order chi connectivity index (χ1) is 9.19. The summed E-state index contributed by atoms with van der Waals surface area (Å²) in [7, 11) is 1.69. The third-order valence-electron chi connectivity index (χ3n) is 3.70. The fourth-order valence-corrected chi connectivity index (χ4v) is 2.60. The molecule has 0 spiro atoms. The van der Waals surface area contributed by atoms with Crippen LogP contribution in [0, 0.1) is 0 Å². The Hall–Kier alpha value is -2.01. The summed E-state index contributed by atoms with van der Waals surface area (Å²) < 4.78 is 5.29. The molecule has 100 valence electrons. The van der Waals surface area contributed by atoms with Crippen molar-refractivity contribution < 1.29 is 9.53 Å². The van der Waals surface area contributed by atoms with E-state index < -0.39 is 0 Å². The number of H-pyrrole nitrogens is 1. The second-order valence-corrected chi connectivity index (χ2v) is 4.90. The van der Waals surface area contributed by atoms with Crippen molar-refractivity contribution in [1.82, 2.24) is 9.88 Å². The normalized spacial score (nSPS) is 19.2. The van der Waals surface area contributed by atoms with Crippen LogP contribution in [0.25, 0.3) is 10.9 Å². The molecule has 3 N–H and O–H groups in total. The van der Waals surface area contributed by atoms with Crippen LogP contribution in [0.2, 0.25) is 0 Å². The minimum Gasteiger partial charge on any atom is -0.399 e. The molecule has 3 rings (SSSR count). The van der Waals surface area contributed by atoms with Crippen LogP contribution < -0.4 is 5.73 Å². The van der Waals surface area contributed by atoms with Crippen LogP contribution in [0.3, 0.4) is 0 Å². The highest BCUT2D eigenvalue weighted by atomic mass is 16.5. The number of likely N-dealkylation sites (tertiary alicyclic amines) is 1. The van der Waals surface area contributed by atoms with Crippen LogP contribution in [0.5, 0.6) is 0 Å².